The Bertz CT molecular complexity index is 1160. The van der Waals surface area contributed by atoms with Crippen LogP contribution in [0.3, 0.4) is 0 Å². The second-order valence-electron chi connectivity index (χ2n) is 9.02. The van der Waals surface area contributed by atoms with E-state index in [4.69, 9.17) is 4.42 Å². The van der Waals surface area contributed by atoms with Gasteiger partial charge in [0.2, 0.25) is 5.91 Å². The third-order valence-corrected chi connectivity index (χ3v) is 7.09. The summed E-state index contributed by atoms with van der Waals surface area (Å²) in [6.07, 6.45) is 6.05. The lowest BCUT2D eigenvalue weighted by Gasteiger charge is -2.33. The van der Waals surface area contributed by atoms with Gasteiger partial charge in [-0.1, -0.05) is 51.1 Å². The molecular weight excluding hydrogens is 404 g/mol. The summed E-state index contributed by atoms with van der Waals surface area (Å²) in [6, 6.07) is 15.9. The lowest BCUT2D eigenvalue weighted by molar-refractivity contribution is -0.111. The van der Waals surface area contributed by atoms with Gasteiger partial charge in [-0.05, 0) is 54.4 Å². The molecule has 3 aromatic rings. The molecule has 1 atom stereocenters. The Morgan fingerprint density at radius 3 is 2.71 bits per heavy atom. The molecule has 1 aliphatic rings. The van der Waals surface area contributed by atoms with E-state index in [-0.39, 0.29) is 11.3 Å². The van der Waals surface area contributed by atoms with Crippen LogP contribution in [-0.4, -0.2) is 5.91 Å². The van der Waals surface area contributed by atoms with Crippen LogP contribution < -0.4 is 5.32 Å². The second-order valence-corrected chi connectivity index (χ2v) is 10.1. The van der Waals surface area contributed by atoms with Crippen molar-refractivity contribution in [1.82, 2.24) is 0 Å². The van der Waals surface area contributed by atoms with Crippen LogP contribution in [0.1, 0.15) is 49.0 Å². The molecule has 0 bridgehead atoms. The molecule has 0 aliphatic heterocycles. The van der Waals surface area contributed by atoms with E-state index in [1.807, 2.05) is 42.5 Å². The number of fused-ring (bicyclic) bond motifs is 1. The maximum atomic E-state index is 12.5. The summed E-state index contributed by atoms with van der Waals surface area (Å²) in [4.78, 5) is 13.8. The van der Waals surface area contributed by atoms with Gasteiger partial charge in [0.25, 0.3) is 0 Å². The first-order valence-electron chi connectivity index (χ1n) is 10.5. The number of carbonyl (C=O) groups excluding carboxylic acids is 1. The van der Waals surface area contributed by atoms with Crippen LogP contribution in [-0.2, 0) is 17.6 Å². The quantitative estimate of drug-likeness (QED) is 0.469. The molecule has 158 valence electrons. The summed E-state index contributed by atoms with van der Waals surface area (Å²) in [5, 5.41) is 13.3. The summed E-state index contributed by atoms with van der Waals surface area (Å²) in [6.45, 7) is 6.81. The maximum Gasteiger partial charge on any atom is 0.249 e. The number of nitrogens with zero attached hydrogens (tertiary/aromatic N) is 1. The number of carbonyl (C=O) groups is 1. The van der Waals surface area contributed by atoms with Crippen LogP contribution in [0.4, 0.5) is 5.00 Å². The number of hydrogen-bond acceptors (Lipinski definition) is 4. The fourth-order valence-corrected chi connectivity index (χ4v) is 5.32. The number of amides is 1. The number of benzene rings is 1. The highest BCUT2D eigenvalue weighted by atomic mass is 32.1. The molecule has 4 nitrogen and oxygen atoms in total. The minimum Gasteiger partial charge on any atom is -0.457 e. The molecule has 0 fully saturated rings. The largest absolute Gasteiger partial charge is 0.457 e. The standard InChI is InChI=1S/C26H26N2O2S/c1-26(2,3)18-9-12-20-21(16-27)25(31-23(20)15-18)28-24(29)14-11-19-10-13-22(30-19)17-7-5-4-6-8-17/h4-8,10-11,13-14,18H,9,12,15H2,1-3H3,(H,28,29)/b14-11+/t18-/m0/s1. The lowest BCUT2D eigenvalue weighted by atomic mass is 9.72. The van der Waals surface area contributed by atoms with E-state index in [1.54, 1.807) is 17.4 Å². The molecule has 2 aromatic heterocycles. The molecule has 1 N–H and O–H groups in total. The number of rotatable bonds is 4. The van der Waals surface area contributed by atoms with Crippen molar-refractivity contribution in [3.63, 3.8) is 0 Å². The van der Waals surface area contributed by atoms with Gasteiger partial charge in [-0.25, -0.2) is 0 Å². The van der Waals surface area contributed by atoms with E-state index >= 15 is 0 Å². The second kappa shape index (κ2) is 8.56. The topological polar surface area (TPSA) is 66.0 Å². The molecule has 31 heavy (non-hydrogen) atoms. The summed E-state index contributed by atoms with van der Waals surface area (Å²) in [5.41, 5.74) is 2.97. The van der Waals surface area contributed by atoms with Gasteiger partial charge in [0.1, 0.15) is 22.6 Å². The van der Waals surface area contributed by atoms with Gasteiger partial charge < -0.3 is 9.73 Å². The van der Waals surface area contributed by atoms with Crippen molar-refractivity contribution in [2.45, 2.75) is 40.0 Å². The molecule has 0 spiro atoms. The van der Waals surface area contributed by atoms with Crippen molar-refractivity contribution in [3.8, 4) is 17.4 Å². The number of thiophene rings is 1. The van der Waals surface area contributed by atoms with Gasteiger partial charge in [-0.3, -0.25) is 4.79 Å². The van der Waals surface area contributed by atoms with Gasteiger partial charge in [0.15, 0.2) is 0 Å². The normalized spacial score (nSPS) is 16.1. The summed E-state index contributed by atoms with van der Waals surface area (Å²) in [7, 11) is 0. The van der Waals surface area contributed by atoms with E-state index in [9.17, 15) is 10.1 Å². The van der Waals surface area contributed by atoms with Crippen LogP contribution in [0.2, 0.25) is 0 Å². The van der Waals surface area contributed by atoms with Gasteiger partial charge in [-0.2, -0.15) is 5.26 Å². The molecule has 0 radical (unpaired) electrons. The highest BCUT2D eigenvalue weighted by Crippen LogP contribution is 2.44. The number of hydrogen-bond donors (Lipinski definition) is 1. The minimum atomic E-state index is -0.264. The first-order chi connectivity index (χ1) is 14.8. The molecule has 5 heteroatoms. The van der Waals surface area contributed by atoms with Crippen molar-refractivity contribution in [1.29, 1.82) is 5.26 Å². The zero-order chi connectivity index (χ0) is 22.0. The number of nitrogens with one attached hydrogen (secondary N) is 1. The molecule has 1 aliphatic carbocycles. The fraction of sp³-hybridized carbons (Fsp3) is 0.308. The predicted molar refractivity (Wildman–Crippen MR) is 126 cm³/mol. The highest BCUT2D eigenvalue weighted by molar-refractivity contribution is 7.16. The molecule has 0 unspecified atom stereocenters. The van der Waals surface area contributed by atoms with Crippen molar-refractivity contribution in [2.24, 2.45) is 11.3 Å². The molecule has 4 rings (SSSR count). The summed E-state index contributed by atoms with van der Waals surface area (Å²) < 4.78 is 5.81. The van der Waals surface area contributed by atoms with Crippen LogP contribution >= 0.6 is 11.3 Å². The van der Waals surface area contributed by atoms with Crippen molar-refractivity contribution >= 4 is 28.3 Å². The van der Waals surface area contributed by atoms with E-state index < -0.39 is 0 Å². The SMILES string of the molecule is CC(C)(C)[C@H]1CCc2c(sc(NC(=O)/C=C/c3ccc(-c4ccccc4)o3)c2C#N)C1. The lowest BCUT2D eigenvalue weighted by Crippen LogP contribution is -2.26. The van der Waals surface area contributed by atoms with Gasteiger partial charge in [0.05, 0.1) is 5.56 Å². The van der Waals surface area contributed by atoms with Crippen LogP contribution in [0.15, 0.2) is 53.0 Å². The van der Waals surface area contributed by atoms with E-state index in [2.05, 4.69) is 32.2 Å². The Labute approximate surface area is 187 Å². The smallest absolute Gasteiger partial charge is 0.249 e. The van der Waals surface area contributed by atoms with Crippen LogP contribution in [0.25, 0.3) is 17.4 Å². The predicted octanol–water partition coefficient (Wildman–Crippen LogP) is 6.68. The van der Waals surface area contributed by atoms with Gasteiger partial charge in [0, 0.05) is 16.5 Å². The highest BCUT2D eigenvalue weighted by Gasteiger charge is 2.32. The Kier molecular flexibility index (Phi) is 5.84. The van der Waals surface area contributed by atoms with Crippen molar-refractivity contribution in [2.75, 3.05) is 5.32 Å². The zero-order valence-corrected chi connectivity index (χ0v) is 18.9. The van der Waals surface area contributed by atoms with Crippen LogP contribution in [0.5, 0.6) is 0 Å². The Morgan fingerprint density at radius 2 is 2.00 bits per heavy atom. The first kappa shape index (κ1) is 21.1. The third-order valence-electron chi connectivity index (χ3n) is 5.92. The molecule has 0 saturated heterocycles. The molecule has 2 heterocycles. The van der Waals surface area contributed by atoms with E-state index in [1.165, 1.54) is 11.0 Å². The summed E-state index contributed by atoms with van der Waals surface area (Å²) >= 11 is 1.55. The van der Waals surface area contributed by atoms with Gasteiger partial charge in [-0.15, -0.1) is 11.3 Å². The minimum absolute atomic E-state index is 0.238. The van der Waals surface area contributed by atoms with E-state index in [0.717, 1.165) is 36.1 Å². The Morgan fingerprint density at radius 1 is 1.23 bits per heavy atom. The van der Waals surface area contributed by atoms with Crippen molar-refractivity contribution < 1.29 is 9.21 Å². The Hall–Kier alpha value is -3.10. The van der Waals surface area contributed by atoms with Gasteiger partial charge >= 0.3 is 0 Å². The third kappa shape index (κ3) is 4.65. The fourth-order valence-electron chi connectivity index (χ4n) is 4.04. The molecule has 1 amide bonds. The number of anilines is 1. The summed E-state index contributed by atoms with van der Waals surface area (Å²) in [5.74, 6) is 1.69. The molecule has 1 aromatic carbocycles. The maximum absolute atomic E-state index is 12.5. The number of nitriles is 1. The number of furan rings is 1. The first-order valence-corrected chi connectivity index (χ1v) is 11.4. The molecule has 0 saturated carbocycles. The average molecular weight is 431 g/mol. The Balaban J connectivity index is 1.47. The van der Waals surface area contributed by atoms with E-state index in [0.29, 0.717) is 22.2 Å². The van der Waals surface area contributed by atoms with Crippen molar-refractivity contribution in [3.05, 3.63) is 70.3 Å². The molecular formula is C26H26N2O2S. The zero-order valence-electron chi connectivity index (χ0n) is 18.1. The average Bonchev–Trinajstić information content (AvgIpc) is 3.36. The monoisotopic (exact) mass is 430 g/mol. The van der Waals surface area contributed by atoms with Crippen LogP contribution in [0, 0.1) is 22.7 Å².